The van der Waals surface area contributed by atoms with Crippen LogP contribution in [0.5, 0.6) is 0 Å². The average Bonchev–Trinajstić information content (AvgIpc) is 3.27. The van der Waals surface area contributed by atoms with Gasteiger partial charge in [0.2, 0.25) is 15.9 Å². The summed E-state index contributed by atoms with van der Waals surface area (Å²) in [6, 6.07) is 18.3. The fraction of sp³-hybridized carbons (Fsp3) is 0.452. The maximum atomic E-state index is 13.2. The molecule has 4 saturated carbocycles. The number of benzene rings is 3. The quantitative estimate of drug-likeness (QED) is 0.451. The zero-order valence-electron chi connectivity index (χ0n) is 21.4. The first-order valence-electron chi connectivity index (χ1n) is 13.7. The van der Waals surface area contributed by atoms with Gasteiger partial charge in [-0.15, -0.1) is 0 Å². The maximum Gasteiger partial charge on any atom is 0.245 e. The van der Waals surface area contributed by atoms with Crippen LogP contribution in [0, 0.1) is 17.8 Å². The molecule has 0 radical (unpaired) electrons. The van der Waals surface area contributed by atoms with E-state index in [-0.39, 0.29) is 17.9 Å². The Hall–Kier alpha value is -2.86. The number of rotatable bonds is 6. The fourth-order valence-corrected chi connectivity index (χ4v) is 9.38. The predicted octanol–water partition coefficient (Wildman–Crippen LogP) is 5.81. The third-order valence-corrected chi connectivity index (χ3v) is 10.8. The van der Waals surface area contributed by atoms with Crippen molar-refractivity contribution in [3.8, 4) is 0 Å². The molecule has 0 aliphatic heterocycles. The average molecular weight is 515 g/mol. The molecule has 5 aliphatic carbocycles. The molecule has 37 heavy (non-hydrogen) atoms. The highest BCUT2D eigenvalue weighted by Crippen LogP contribution is 2.60. The molecule has 1 amide bonds. The molecule has 3 aromatic carbocycles. The number of carbonyl (C=O) groups is 1. The molecule has 1 N–H and O–H groups in total. The second kappa shape index (κ2) is 8.32. The Morgan fingerprint density at radius 1 is 0.892 bits per heavy atom. The van der Waals surface area contributed by atoms with Gasteiger partial charge in [-0.2, -0.15) is 0 Å². The summed E-state index contributed by atoms with van der Waals surface area (Å²) in [6.45, 7) is -0.252. The Balaban J connectivity index is 1.13. The van der Waals surface area contributed by atoms with Crippen molar-refractivity contribution in [2.75, 3.05) is 22.4 Å². The van der Waals surface area contributed by atoms with Gasteiger partial charge in [-0.3, -0.25) is 9.10 Å². The number of hydrogen-bond acceptors (Lipinski definition) is 3. The smallest absolute Gasteiger partial charge is 0.245 e. The van der Waals surface area contributed by atoms with Crippen LogP contribution in [-0.4, -0.2) is 27.1 Å². The predicted molar refractivity (Wildman–Crippen MR) is 148 cm³/mol. The number of sulfonamides is 1. The monoisotopic (exact) mass is 514 g/mol. The van der Waals surface area contributed by atoms with Crippen LogP contribution in [0.3, 0.4) is 0 Å². The lowest BCUT2D eigenvalue weighted by atomic mass is 9.48. The number of aryl methyl sites for hydroxylation is 2. The molecule has 6 heteroatoms. The first-order chi connectivity index (χ1) is 17.8. The molecule has 4 fully saturated rings. The van der Waals surface area contributed by atoms with Crippen LogP contribution in [0.1, 0.15) is 55.2 Å². The summed E-state index contributed by atoms with van der Waals surface area (Å²) in [5.41, 5.74) is 5.50. The van der Waals surface area contributed by atoms with Crippen molar-refractivity contribution in [3.05, 3.63) is 71.3 Å². The lowest BCUT2D eigenvalue weighted by molar-refractivity contribution is -0.114. The van der Waals surface area contributed by atoms with E-state index < -0.39 is 10.0 Å². The molecule has 0 unspecified atom stereocenters. The topological polar surface area (TPSA) is 66.5 Å². The molecule has 5 nitrogen and oxygen atoms in total. The van der Waals surface area contributed by atoms with E-state index in [2.05, 4.69) is 29.6 Å². The molecule has 0 saturated heterocycles. The maximum absolute atomic E-state index is 13.2. The van der Waals surface area contributed by atoms with Gasteiger partial charge in [-0.25, -0.2) is 8.42 Å². The number of anilines is 2. The molecule has 3 aromatic rings. The minimum Gasteiger partial charge on any atom is -0.324 e. The van der Waals surface area contributed by atoms with E-state index in [1.54, 1.807) is 0 Å². The summed E-state index contributed by atoms with van der Waals surface area (Å²) in [5, 5.41) is 5.24. The first kappa shape index (κ1) is 23.3. The Kier molecular flexibility index (Phi) is 5.23. The van der Waals surface area contributed by atoms with Gasteiger partial charge in [-0.1, -0.05) is 36.4 Å². The lowest BCUT2D eigenvalue weighted by Gasteiger charge is -2.57. The van der Waals surface area contributed by atoms with Gasteiger partial charge < -0.3 is 5.32 Å². The van der Waals surface area contributed by atoms with Crippen molar-refractivity contribution < 1.29 is 13.2 Å². The van der Waals surface area contributed by atoms with Crippen molar-refractivity contribution in [2.24, 2.45) is 17.8 Å². The van der Waals surface area contributed by atoms with Crippen molar-refractivity contribution in [2.45, 2.75) is 56.8 Å². The minimum absolute atomic E-state index is 0.252. The molecule has 8 rings (SSSR count). The number of carbonyl (C=O) groups excluding carboxylic acids is 1. The van der Waals surface area contributed by atoms with Crippen molar-refractivity contribution in [1.82, 2.24) is 0 Å². The SMILES string of the molecule is CS(=O)(=O)N(CC(=O)Nc1ccc2c3c(cccc13)CC2)c1ccc(C23CC4CC(CC(C4)C2)C3)cc1. The van der Waals surface area contributed by atoms with Crippen LogP contribution in [0.25, 0.3) is 10.8 Å². The highest BCUT2D eigenvalue weighted by Gasteiger charge is 2.51. The molecule has 4 bridgehead atoms. The zero-order valence-corrected chi connectivity index (χ0v) is 22.2. The van der Waals surface area contributed by atoms with E-state index in [1.807, 2.05) is 30.3 Å². The third kappa shape index (κ3) is 3.96. The van der Waals surface area contributed by atoms with Gasteiger partial charge in [0.25, 0.3) is 0 Å². The zero-order chi connectivity index (χ0) is 25.4. The first-order valence-corrected chi connectivity index (χ1v) is 15.5. The van der Waals surface area contributed by atoms with Crippen molar-refractivity contribution in [1.29, 1.82) is 0 Å². The largest absolute Gasteiger partial charge is 0.324 e. The van der Waals surface area contributed by atoms with Gasteiger partial charge in [0.1, 0.15) is 6.54 Å². The molecule has 0 heterocycles. The molecule has 0 atom stereocenters. The lowest BCUT2D eigenvalue weighted by Crippen LogP contribution is -2.48. The minimum atomic E-state index is -3.64. The molecule has 0 aromatic heterocycles. The highest BCUT2D eigenvalue weighted by atomic mass is 32.2. The van der Waals surface area contributed by atoms with Crippen LogP contribution in [0.4, 0.5) is 11.4 Å². The number of amides is 1. The summed E-state index contributed by atoms with van der Waals surface area (Å²) >= 11 is 0. The second-order valence-electron chi connectivity index (χ2n) is 12.2. The van der Waals surface area contributed by atoms with Crippen LogP contribution in [0.15, 0.2) is 54.6 Å². The van der Waals surface area contributed by atoms with E-state index in [1.165, 1.54) is 71.2 Å². The van der Waals surface area contributed by atoms with Gasteiger partial charge >= 0.3 is 0 Å². The Morgan fingerprint density at radius 3 is 2.14 bits per heavy atom. The van der Waals surface area contributed by atoms with E-state index in [9.17, 15) is 13.2 Å². The standard InChI is InChI=1S/C31H34N2O3S/c1-37(35,36)33(19-29(34)32-28-12-7-24-6-5-23-3-2-4-27(28)30(23)24)26-10-8-25(9-11-26)31-16-20-13-21(17-31)15-22(14-20)18-31/h2-4,7-12,20-22H,5-6,13-19H2,1H3,(H,32,34). The van der Waals surface area contributed by atoms with Crippen molar-refractivity contribution in [3.63, 3.8) is 0 Å². The number of nitrogens with one attached hydrogen (secondary N) is 1. The molecule has 0 spiro atoms. The van der Waals surface area contributed by atoms with Crippen LogP contribution < -0.4 is 9.62 Å². The second-order valence-corrected chi connectivity index (χ2v) is 14.1. The molecule has 192 valence electrons. The summed E-state index contributed by atoms with van der Waals surface area (Å²) < 4.78 is 26.8. The van der Waals surface area contributed by atoms with E-state index >= 15 is 0 Å². The number of hydrogen-bond donors (Lipinski definition) is 1. The van der Waals surface area contributed by atoms with Crippen LogP contribution in [-0.2, 0) is 33.1 Å². The van der Waals surface area contributed by atoms with Gasteiger partial charge in [0.05, 0.1) is 11.9 Å². The molecular weight excluding hydrogens is 480 g/mol. The summed E-state index contributed by atoms with van der Waals surface area (Å²) in [4.78, 5) is 13.2. The van der Waals surface area contributed by atoms with Crippen molar-refractivity contribution >= 4 is 38.1 Å². The summed E-state index contributed by atoms with van der Waals surface area (Å²) in [5.74, 6) is 2.23. The Labute approximate surface area is 219 Å². The van der Waals surface area contributed by atoms with Crippen LogP contribution >= 0.6 is 0 Å². The summed E-state index contributed by atoms with van der Waals surface area (Å²) in [6.07, 6.45) is 11.2. The Bertz CT molecular complexity index is 1460. The normalized spacial score (nSPS) is 27.5. The fourth-order valence-electron chi connectivity index (χ4n) is 8.52. The van der Waals surface area contributed by atoms with E-state index in [0.29, 0.717) is 5.69 Å². The van der Waals surface area contributed by atoms with E-state index in [0.717, 1.165) is 41.7 Å². The van der Waals surface area contributed by atoms with Crippen LogP contribution in [0.2, 0.25) is 0 Å². The third-order valence-electron chi connectivity index (χ3n) is 9.64. The van der Waals surface area contributed by atoms with Gasteiger partial charge in [-0.05, 0) is 115 Å². The highest BCUT2D eigenvalue weighted by molar-refractivity contribution is 7.92. The van der Waals surface area contributed by atoms with E-state index in [4.69, 9.17) is 0 Å². The number of nitrogens with zero attached hydrogens (tertiary/aromatic N) is 1. The molecular formula is C31H34N2O3S. The van der Waals surface area contributed by atoms with Gasteiger partial charge in [0, 0.05) is 11.1 Å². The summed E-state index contributed by atoms with van der Waals surface area (Å²) in [7, 11) is -3.64. The van der Waals surface area contributed by atoms with Gasteiger partial charge in [0.15, 0.2) is 0 Å². The Morgan fingerprint density at radius 2 is 1.51 bits per heavy atom. The molecule has 5 aliphatic rings.